The smallest absolute Gasteiger partial charge is 0.279 e. The molecule has 2 N–H and O–H groups in total. The van der Waals surface area contributed by atoms with Gasteiger partial charge in [-0.15, -0.1) is 0 Å². The van der Waals surface area contributed by atoms with Crippen molar-refractivity contribution in [3.8, 4) is 0 Å². The first-order valence-corrected chi connectivity index (χ1v) is 8.41. The van der Waals surface area contributed by atoms with Crippen LogP contribution < -0.4 is 15.1 Å². The highest BCUT2D eigenvalue weighted by atomic mass is 35.5. The number of quaternary nitrogens is 1. The Morgan fingerprint density at radius 2 is 2.00 bits per heavy atom. The number of halogens is 1. The number of aromatic nitrogens is 2. The minimum absolute atomic E-state index is 0.0276. The van der Waals surface area contributed by atoms with Crippen LogP contribution in [-0.2, 0) is 4.79 Å². The Labute approximate surface area is 146 Å². The van der Waals surface area contributed by atoms with Crippen LogP contribution in [0.25, 0.3) is 0 Å². The molecule has 1 fully saturated rings. The monoisotopic (exact) mass is 346 g/mol. The Bertz CT molecular complexity index is 701. The average molecular weight is 347 g/mol. The van der Waals surface area contributed by atoms with Gasteiger partial charge in [-0.1, -0.05) is 11.6 Å². The van der Waals surface area contributed by atoms with Crippen molar-refractivity contribution in [3.63, 3.8) is 0 Å². The lowest BCUT2D eigenvalue weighted by atomic mass is 10.2. The highest BCUT2D eigenvalue weighted by Crippen LogP contribution is 2.19. The summed E-state index contributed by atoms with van der Waals surface area (Å²) in [6.45, 7) is 5.90. The van der Waals surface area contributed by atoms with E-state index in [1.807, 2.05) is 25.1 Å². The Morgan fingerprint density at radius 3 is 2.67 bits per heavy atom. The zero-order valence-corrected chi connectivity index (χ0v) is 14.4. The van der Waals surface area contributed by atoms with Crippen LogP contribution in [0, 0.1) is 6.92 Å². The van der Waals surface area contributed by atoms with E-state index < -0.39 is 0 Å². The molecule has 0 atom stereocenters. The predicted octanol–water partition coefficient (Wildman–Crippen LogP) is 0.782. The van der Waals surface area contributed by atoms with E-state index in [1.54, 1.807) is 18.5 Å². The molecule has 0 unspecified atom stereocenters. The summed E-state index contributed by atoms with van der Waals surface area (Å²) in [5.74, 6) is 0.789. The molecule has 1 amide bonds. The molecule has 0 aliphatic carbocycles. The molecular weight excluding hydrogens is 326 g/mol. The Balaban J connectivity index is 1.50. The molecule has 0 saturated carbocycles. The molecule has 1 aromatic heterocycles. The highest BCUT2D eigenvalue weighted by molar-refractivity contribution is 6.30. The van der Waals surface area contributed by atoms with E-state index in [1.165, 1.54) is 4.90 Å². The van der Waals surface area contributed by atoms with Crippen molar-refractivity contribution in [1.29, 1.82) is 0 Å². The van der Waals surface area contributed by atoms with Gasteiger partial charge in [0.1, 0.15) is 0 Å². The fraction of sp³-hybridized carbons (Fsp3) is 0.353. The minimum Gasteiger partial charge on any atom is -0.330 e. The molecule has 0 radical (unpaired) electrons. The third kappa shape index (κ3) is 4.21. The van der Waals surface area contributed by atoms with E-state index in [0.717, 1.165) is 43.4 Å². The number of carbonyl (C=O) groups excluding carboxylic acids is 1. The number of anilines is 2. The Morgan fingerprint density at radius 1 is 1.29 bits per heavy atom. The lowest BCUT2D eigenvalue weighted by Gasteiger charge is -2.31. The Hall–Kier alpha value is -2.18. The summed E-state index contributed by atoms with van der Waals surface area (Å²) in [4.78, 5) is 24.2. The SMILES string of the molecule is Cc1cc(Cl)ccc1NC(=O)C[NH+]1CCN(c2ncccn2)CC1. The van der Waals surface area contributed by atoms with Crippen LogP contribution in [0.5, 0.6) is 0 Å². The molecule has 7 heteroatoms. The van der Waals surface area contributed by atoms with Crippen LogP contribution in [0.1, 0.15) is 5.56 Å². The molecule has 1 aliphatic heterocycles. The van der Waals surface area contributed by atoms with E-state index in [9.17, 15) is 4.79 Å². The van der Waals surface area contributed by atoms with Crippen molar-refractivity contribution >= 4 is 29.1 Å². The van der Waals surface area contributed by atoms with Gasteiger partial charge in [0.25, 0.3) is 5.91 Å². The Kier molecular flexibility index (Phi) is 5.27. The molecule has 2 heterocycles. The quantitative estimate of drug-likeness (QED) is 0.859. The second-order valence-corrected chi connectivity index (χ2v) is 6.41. The van der Waals surface area contributed by atoms with Crippen molar-refractivity contribution in [2.75, 3.05) is 42.9 Å². The normalized spacial score (nSPS) is 15.3. The number of hydrogen-bond acceptors (Lipinski definition) is 4. The third-order valence-corrected chi connectivity index (χ3v) is 4.41. The molecule has 24 heavy (non-hydrogen) atoms. The van der Waals surface area contributed by atoms with Gasteiger partial charge in [-0.3, -0.25) is 4.79 Å². The van der Waals surface area contributed by atoms with E-state index >= 15 is 0 Å². The van der Waals surface area contributed by atoms with E-state index in [-0.39, 0.29) is 5.91 Å². The summed E-state index contributed by atoms with van der Waals surface area (Å²) < 4.78 is 0. The van der Waals surface area contributed by atoms with Gasteiger partial charge in [-0.05, 0) is 36.8 Å². The fourth-order valence-corrected chi connectivity index (χ4v) is 3.07. The first-order chi connectivity index (χ1) is 11.6. The largest absolute Gasteiger partial charge is 0.330 e. The van der Waals surface area contributed by atoms with Crippen LogP contribution >= 0.6 is 11.6 Å². The summed E-state index contributed by atoms with van der Waals surface area (Å²) in [6.07, 6.45) is 3.51. The van der Waals surface area contributed by atoms with Gasteiger partial charge >= 0.3 is 0 Å². The van der Waals surface area contributed by atoms with Crippen LogP contribution in [0.15, 0.2) is 36.7 Å². The van der Waals surface area contributed by atoms with Gasteiger partial charge in [-0.25, -0.2) is 9.97 Å². The van der Waals surface area contributed by atoms with Gasteiger partial charge in [-0.2, -0.15) is 0 Å². The lowest BCUT2D eigenvalue weighted by Crippen LogP contribution is -3.15. The van der Waals surface area contributed by atoms with Crippen LogP contribution in [0.2, 0.25) is 5.02 Å². The van der Waals surface area contributed by atoms with Crippen molar-refractivity contribution in [2.45, 2.75) is 6.92 Å². The standard InChI is InChI=1S/C17H20ClN5O/c1-13-11-14(18)3-4-15(13)21-16(24)12-22-7-9-23(10-8-22)17-19-5-2-6-20-17/h2-6,11H,7-10,12H2,1H3,(H,21,24)/p+1. The lowest BCUT2D eigenvalue weighted by molar-refractivity contribution is -0.892. The molecule has 3 rings (SSSR count). The third-order valence-electron chi connectivity index (χ3n) is 4.18. The number of carbonyl (C=O) groups is 1. The summed E-state index contributed by atoms with van der Waals surface area (Å²) in [6, 6.07) is 7.29. The summed E-state index contributed by atoms with van der Waals surface area (Å²) in [5, 5.41) is 3.65. The van der Waals surface area contributed by atoms with Crippen LogP contribution in [0.3, 0.4) is 0 Å². The zero-order chi connectivity index (χ0) is 16.9. The topological polar surface area (TPSA) is 62.6 Å². The number of benzene rings is 1. The van der Waals surface area contributed by atoms with E-state index in [2.05, 4.69) is 20.2 Å². The molecule has 2 aromatic rings. The molecule has 1 aliphatic rings. The summed E-state index contributed by atoms with van der Waals surface area (Å²) in [5.41, 5.74) is 1.79. The maximum atomic E-state index is 12.3. The second kappa shape index (κ2) is 7.59. The first-order valence-electron chi connectivity index (χ1n) is 8.03. The maximum Gasteiger partial charge on any atom is 0.279 e. The zero-order valence-electron chi connectivity index (χ0n) is 13.6. The van der Waals surface area contributed by atoms with Gasteiger partial charge in [0, 0.05) is 23.1 Å². The molecule has 6 nitrogen and oxygen atoms in total. The molecular formula is C17H21ClN5O+. The highest BCUT2D eigenvalue weighted by Gasteiger charge is 2.23. The number of amides is 1. The van der Waals surface area contributed by atoms with E-state index in [4.69, 9.17) is 11.6 Å². The number of aryl methyl sites for hydroxylation is 1. The molecule has 0 bridgehead atoms. The number of nitrogens with one attached hydrogen (secondary N) is 2. The number of hydrogen-bond donors (Lipinski definition) is 2. The molecule has 1 aromatic carbocycles. The number of piperazine rings is 1. The van der Waals surface area contributed by atoms with Gasteiger partial charge in [0.2, 0.25) is 5.95 Å². The van der Waals surface area contributed by atoms with Gasteiger partial charge in [0.15, 0.2) is 6.54 Å². The minimum atomic E-state index is 0.0276. The molecule has 0 spiro atoms. The average Bonchev–Trinajstić information content (AvgIpc) is 2.59. The maximum absolute atomic E-state index is 12.3. The summed E-state index contributed by atoms with van der Waals surface area (Å²) in [7, 11) is 0. The molecule has 1 saturated heterocycles. The van der Waals surface area contributed by atoms with Crippen LogP contribution in [-0.4, -0.2) is 48.6 Å². The van der Waals surface area contributed by atoms with Crippen LogP contribution in [0.4, 0.5) is 11.6 Å². The van der Waals surface area contributed by atoms with Crippen molar-refractivity contribution in [3.05, 3.63) is 47.2 Å². The van der Waals surface area contributed by atoms with Crippen molar-refractivity contribution in [1.82, 2.24) is 9.97 Å². The van der Waals surface area contributed by atoms with Crippen molar-refractivity contribution in [2.24, 2.45) is 0 Å². The van der Waals surface area contributed by atoms with Gasteiger partial charge < -0.3 is 15.1 Å². The van der Waals surface area contributed by atoms with Gasteiger partial charge in [0.05, 0.1) is 26.2 Å². The summed E-state index contributed by atoms with van der Waals surface area (Å²) >= 11 is 5.94. The predicted molar refractivity (Wildman–Crippen MR) is 94.6 cm³/mol. The number of rotatable bonds is 4. The van der Waals surface area contributed by atoms with Crippen molar-refractivity contribution < 1.29 is 9.69 Å². The molecule has 126 valence electrons. The fourth-order valence-electron chi connectivity index (χ4n) is 2.84. The number of nitrogens with zero attached hydrogens (tertiary/aromatic N) is 3. The van der Waals surface area contributed by atoms with E-state index in [0.29, 0.717) is 11.6 Å². The first kappa shape index (κ1) is 16.7. The second-order valence-electron chi connectivity index (χ2n) is 5.97.